The molecule has 5 nitrogen and oxygen atoms in total. The fourth-order valence-corrected chi connectivity index (χ4v) is 2.00. The first kappa shape index (κ1) is 15.5. The Morgan fingerprint density at radius 2 is 2.05 bits per heavy atom. The first-order chi connectivity index (χ1) is 10.7. The lowest BCUT2D eigenvalue weighted by Crippen LogP contribution is -2.33. The van der Waals surface area contributed by atoms with Crippen molar-refractivity contribution in [1.82, 2.24) is 4.90 Å². The third-order valence-corrected chi connectivity index (χ3v) is 3.05. The van der Waals surface area contributed by atoms with Crippen LogP contribution >= 0.6 is 0 Å². The maximum absolute atomic E-state index is 12.5. The van der Waals surface area contributed by atoms with Crippen LogP contribution in [0.15, 0.2) is 58.7 Å². The summed E-state index contributed by atoms with van der Waals surface area (Å²) in [5.41, 5.74) is 0.902. The van der Waals surface area contributed by atoms with Gasteiger partial charge in [0.2, 0.25) is 0 Å². The van der Waals surface area contributed by atoms with E-state index in [2.05, 4.69) is 0 Å². The van der Waals surface area contributed by atoms with E-state index in [-0.39, 0.29) is 18.7 Å². The number of hydrogen-bond donors (Lipinski definition) is 1. The molecule has 1 N–H and O–H groups in total. The molecule has 1 aromatic carbocycles. The summed E-state index contributed by atoms with van der Waals surface area (Å²) in [6, 6.07) is 14.7. The third kappa shape index (κ3) is 4.08. The van der Waals surface area contributed by atoms with Crippen molar-refractivity contribution in [2.45, 2.75) is 6.54 Å². The molecule has 0 aliphatic rings. The van der Waals surface area contributed by atoms with Gasteiger partial charge in [0.05, 0.1) is 12.9 Å². The van der Waals surface area contributed by atoms with Gasteiger partial charge in [0.25, 0.3) is 5.91 Å². The molecule has 0 radical (unpaired) electrons. The van der Waals surface area contributed by atoms with Crippen molar-refractivity contribution in [1.29, 1.82) is 5.26 Å². The molecule has 112 valence electrons. The molecule has 0 unspecified atom stereocenters. The Labute approximate surface area is 128 Å². The second kappa shape index (κ2) is 7.81. The van der Waals surface area contributed by atoms with Crippen LogP contribution in [0.4, 0.5) is 0 Å². The quantitative estimate of drug-likeness (QED) is 0.655. The van der Waals surface area contributed by atoms with Crippen LogP contribution in [0.3, 0.4) is 0 Å². The highest BCUT2D eigenvalue weighted by Gasteiger charge is 2.18. The van der Waals surface area contributed by atoms with Crippen LogP contribution in [0.2, 0.25) is 0 Å². The minimum atomic E-state index is -0.434. The van der Waals surface area contributed by atoms with Gasteiger partial charge < -0.3 is 14.4 Å². The van der Waals surface area contributed by atoms with Gasteiger partial charge in [-0.05, 0) is 17.7 Å². The van der Waals surface area contributed by atoms with E-state index in [4.69, 9.17) is 9.52 Å². The Morgan fingerprint density at radius 3 is 2.64 bits per heavy atom. The van der Waals surface area contributed by atoms with E-state index in [1.807, 2.05) is 36.4 Å². The fourth-order valence-electron chi connectivity index (χ4n) is 2.00. The summed E-state index contributed by atoms with van der Waals surface area (Å²) in [5, 5.41) is 18.4. The lowest BCUT2D eigenvalue weighted by Gasteiger charge is -2.21. The zero-order chi connectivity index (χ0) is 15.8. The molecule has 0 bridgehead atoms. The highest BCUT2D eigenvalue weighted by molar-refractivity contribution is 6.01. The fraction of sp³-hybridized carbons (Fsp3) is 0.176. The molecule has 0 aliphatic carbocycles. The summed E-state index contributed by atoms with van der Waals surface area (Å²) in [6.07, 6.45) is 2.87. The number of nitriles is 1. The number of amides is 1. The molecule has 1 amide bonds. The molecule has 0 saturated heterocycles. The number of nitrogens with zero attached hydrogens (tertiary/aromatic N) is 2. The van der Waals surface area contributed by atoms with Gasteiger partial charge in [-0.25, -0.2) is 0 Å². The molecule has 22 heavy (non-hydrogen) atoms. The van der Waals surface area contributed by atoms with Crippen LogP contribution in [0.25, 0.3) is 6.08 Å². The Hall–Kier alpha value is -2.84. The van der Waals surface area contributed by atoms with E-state index in [1.54, 1.807) is 12.1 Å². The Bertz CT molecular complexity index is 670. The first-order valence-electron chi connectivity index (χ1n) is 6.84. The van der Waals surface area contributed by atoms with E-state index < -0.39 is 5.91 Å². The smallest absolute Gasteiger partial charge is 0.265 e. The predicted molar refractivity (Wildman–Crippen MR) is 81.2 cm³/mol. The Morgan fingerprint density at radius 1 is 1.27 bits per heavy atom. The lowest BCUT2D eigenvalue weighted by atomic mass is 10.1. The highest BCUT2D eigenvalue weighted by Crippen LogP contribution is 2.12. The van der Waals surface area contributed by atoms with Crippen molar-refractivity contribution < 1.29 is 14.3 Å². The number of furan rings is 1. The maximum Gasteiger partial charge on any atom is 0.265 e. The van der Waals surface area contributed by atoms with Crippen LogP contribution in [0.1, 0.15) is 11.3 Å². The molecule has 2 aromatic rings. The van der Waals surface area contributed by atoms with Crippen LogP contribution in [-0.2, 0) is 11.3 Å². The van der Waals surface area contributed by atoms with Crippen molar-refractivity contribution in [2.75, 3.05) is 13.2 Å². The molecule has 0 spiro atoms. The van der Waals surface area contributed by atoms with Gasteiger partial charge in [0, 0.05) is 19.2 Å². The molecule has 0 atom stereocenters. The summed E-state index contributed by atoms with van der Waals surface area (Å²) in [5.74, 6) is 0.00497. The third-order valence-electron chi connectivity index (χ3n) is 3.05. The zero-order valence-corrected chi connectivity index (χ0v) is 12.0. The van der Waals surface area contributed by atoms with E-state index >= 15 is 0 Å². The van der Waals surface area contributed by atoms with Crippen LogP contribution in [0, 0.1) is 11.3 Å². The van der Waals surface area contributed by atoms with Gasteiger partial charge in [-0.3, -0.25) is 4.79 Å². The number of aliphatic hydroxyl groups is 1. The minimum absolute atomic E-state index is 0.0284. The molecule has 0 saturated carbocycles. The van der Waals surface area contributed by atoms with E-state index in [0.717, 1.165) is 5.56 Å². The van der Waals surface area contributed by atoms with Gasteiger partial charge in [-0.15, -0.1) is 0 Å². The summed E-state index contributed by atoms with van der Waals surface area (Å²) in [4.78, 5) is 13.9. The SMILES string of the molecule is N#C/C(=C\c1ccco1)C(=O)N(CCO)Cc1ccccc1. The summed E-state index contributed by atoms with van der Waals surface area (Å²) < 4.78 is 5.13. The molecule has 0 aliphatic heterocycles. The lowest BCUT2D eigenvalue weighted by molar-refractivity contribution is -0.127. The number of carbonyl (C=O) groups excluding carboxylic acids is 1. The minimum Gasteiger partial charge on any atom is -0.465 e. The summed E-state index contributed by atoms with van der Waals surface area (Å²) >= 11 is 0. The second-order valence-electron chi connectivity index (χ2n) is 4.62. The van der Waals surface area contributed by atoms with Gasteiger partial charge in [0.1, 0.15) is 17.4 Å². The summed E-state index contributed by atoms with van der Waals surface area (Å²) in [6.45, 7) is 0.320. The van der Waals surface area contributed by atoms with Crippen LogP contribution < -0.4 is 0 Å². The highest BCUT2D eigenvalue weighted by atomic mass is 16.3. The van der Waals surface area contributed by atoms with Gasteiger partial charge in [0.15, 0.2) is 0 Å². The molecule has 1 heterocycles. The average Bonchev–Trinajstić information content (AvgIpc) is 3.05. The molecule has 2 rings (SSSR count). The molecule has 0 fully saturated rings. The number of rotatable bonds is 6. The largest absolute Gasteiger partial charge is 0.465 e. The zero-order valence-electron chi connectivity index (χ0n) is 12.0. The standard InChI is InChI=1S/C17H16N2O3/c18-12-15(11-16-7-4-10-22-16)17(21)19(8-9-20)13-14-5-2-1-3-6-14/h1-7,10-11,20H,8-9,13H2/b15-11+. The normalized spacial score (nSPS) is 11.0. The van der Waals surface area contributed by atoms with Gasteiger partial charge in [-0.1, -0.05) is 30.3 Å². The number of benzene rings is 1. The van der Waals surface area contributed by atoms with Crippen molar-refractivity contribution in [2.24, 2.45) is 0 Å². The average molecular weight is 296 g/mol. The second-order valence-corrected chi connectivity index (χ2v) is 4.62. The van der Waals surface area contributed by atoms with Gasteiger partial charge >= 0.3 is 0 Å². The van der Waals surface area contributed by atoms with Crippen LogP contribution in [-0.4, -0.2) is 29.1 Å². The topological polar surface area (TPSA) is 77.5 Å². The van der Waals surface area contributed by atoms with E-state index in [1.165, 1.54) is 17.2 Å². The molecular formula is C17H16N2O3. The maximum atomic E-state index is 12.5. The van der Waals surface area contributed by atoms with E-state index in [0.29, 0.717) is 12.3 Å². The monoisotopic (exact) mass is 296 g/mol. The van der Waals surface area contributed by atoms with Crippen LogP contribution in [0.5, 0.6) is 0 Å². The molecule has 1 aromatic heterocycles. The van der Waals surface area contributed by atoms with Crippen molar-refractivity contribution in [3.8, 4) is 6.07 Å². The molecule has 5 heteroatoms. The summed E-state index contributed by atoms with van der Waals surface area (Å²) in [7, 11) is 0. The first-order valence-corrected chi connectivity index (χ1v) is 6.84. The van der Waals surface area contributed by atoms with Crippen molar-refractivity contribution in [3.63, 3.8) is 0 Å². The Balaban J connectivity index is 2.19. The predicted octanol–water partition coefficient (Wildman–Crippen LogP) is 2.21. The van der Waals surface area contributed by atoms with Crippen molar-refractivity contribution >= 4 is 12.0 Å². The number of hydrogen-bond acceptors (Lipinski definition) is 4. The number of carbonyl (C=O) groups is 1. The Kier molecular flexibility index (Phi) is 5.52. The van der Waals surface area contributed by atoms with Gasteiger partial charge in [-0.2, -0.15) is 5.26 Å². The number of aliphatic hydroxyl groups excluding tert-OH is 1. The van der Waals surface area contributed by atoms with E-state index in [9.17, 15) is 10.1 Å². The van der Waals surface area contributed by atoms with Crippen molar-refractivity contribution in [3.05, 3.63) is 65.6 Å². The molecular weight excluding hydrogens is 280 g/mol.